The Morgan fingerprint density at radius 3 is 1.75 bits per heavy atom. The van der Waals surface area contributed by atoms with Crippen LogP contribution in [0, 0.1) is 0 Å². The highest BCUT2D eigenvalue weighted by atomic mass is 127. The lowest BCUT2D eigenvalue weighted by Crippen LogP contribution is -2.06. The molecule has 0 heterocycles. The van der Waals surface area contributed by atoms with Crippen LogP contribution in [0.25, 0.3) is 0 Å². The van der Waals surface area contributed by atoms with E-state index in [0.29, 0.717) is 0 Å². The first-order chi connectivity index (χ1) is 3.06. The topological polar surface area (TPSA) is 74.6 Å². The van der Waals surface area contributed by atoms with Gasteiger partial charge >= 0.3 is 0 Å². The number of rotatable bonds is 2. The number of aliphatic hydroxyl groups excluding tert-OH is 1. The molecule has 0 aliphatic rings. The fourth-order valence-electron chi connectivity index (χ4n) is 0.115. The zero-order valence-corrected chi connectivity index (χ0v) is 7.09. The van der Waals surface area contributed by atoms with Gasteiger partial charge in [0, 0.05) is 0 Å². The number of hydrogen-bond donors (Lipinski definition) is 2. The minimum Gasteiger partial charge on any atom is -0.395 e. The molecular formula is C2H7IO4S. The van der Waals surface area contributed by atoms with Gasteiger partial charge in [-0.2, -0.15) is 8.42 Å². The average molecular weight is 254 g/mol. The highest BCUT2D eigenvalue weighted by Gasteiger charge is 1.99. The minimum atomic E-state index is -3.92. The second-order valence-electron chi connectivity index (χ2n) is 1.01. The van der Waals surface area contributed by atoms with Crippen molar-refractivity contribution in [2.24, 2.45) is 0 Å². The monoisotopic (exact) mass is 254 g/mol. The molecular weight excluding hydrogens is 247 g/mol. The van der Waals surface area contributed by atoms with Gasteiger partial charge in [0.15, 0.2) is 0 Å². The Kier molecular flexibility index (Phi) is 6.38. The Morgan fingerprint density at radius 1 is 1.38 bits per heavy atom. The van der Waals surface area contributed by atoms with Crippen molar-refractivity contribution in [3.8, 4) is 0 Å². The van der Waals surface area contributed by atoms with Crippen LogP contribution in [0.5, 0.6) is 0 Å². The van der Waals surface area contributed by atoms with Crippen molar-refractivity contribution in [1.29, 1.82) is 0 Å². The van der Waals surface area contributed by atoms with E-state index in [4.69, 9.17) is 9.66 Å². The molecule has 0 radical (unpaired) electrons. The Bertz CT molecular complexity index is 127. The summed E-state index contributed by atoms with van der Waals surface area (Å²) in [5, 5.41) is 7.86. The summed E-state index contributed by atoms with van der Waals surface area (Å²) in [6.45, 7) is -0.529. The highest BCUT2D eigenvalue weighted by molar-refractivity contribution is 14.0. The summed E-state index contributed by atoms with van der Waals surface area (Å²) in [7, 11) is -3.92. The fourth-order valence-corrected chi connectivity index (χ4v) is 0.346. The first-order valence-corrected chi connectivity index (χ1v) is 3.23. The van der Waals surface area contributed by atoms with E-state index in [1.807, 2.05) is 0 Å². The second kappa shape index (κ2) is 4.48. The quantitative estimate of drug-likeness (QED) is 0.514. The molecule has 0 aliphatic carbocycles. The lowest BCUT2D eigenvalue weighted by atomic mass is 10.9. The summed E-state index contributed by atoms with van der Waals surface area (Å²) in [5.41, 5.74) is 0. The van der Waals surface area contributed by atoms with Crippen LogP contribution < -0.4 is 0 Å². The highest BCUT2D eigenvalue weighted by Crippen LogP contribution is 1.75. The summed E-state index contributed by atoms with van der Waals surface area (Å²) in [5.74, 6) is -0.576. The molecule has 8 heavy (non-hydrogen) atoms. The Labute approximate surface area is 64.7 Å². The lowest BCUT2D eigenvalue weighted by Gasteiger charge is -1.85. The molecule has 0 spiro atoms. The van der Waals surface area contributed by atoms with Gasteiger partial charge in [-0.05, 0) is 0 Å². The van der Waals surface area contributed by atoms with Gasteiger partial charge in [-0.1, -0.05) is 0 Å². The van der Waals surface area contributed by atoms with Gasteiger partial charge in [0.2, 0.25) is 0 Å². The van der Waals surface area contributed by atoms with E-state index >= 15 is 0 Å². The summed E-state index contributed by atoms with van der Waals surface area (Å²) in [4.78, 5) is 0. The van der Waals surface area contributed by atoms with Crippen LogP contribution in [0.4, 0.5) is 0 Å². The third-order valence-corrected chi connectivity index (χ3v) is 1.05. The molecule has 0 bridgehead atoms. The van der Waals surface area contributed by atoms with E-state index in [0.717, 1.165) is 0 Å². The first kappa shape index (κ1) is 11.4. The third kappa shape index (κ3) is 9.78. The number of halogens is 1. The minimum absolute atomic E-state index is 0. The van der Waals surface area contributed by atoms with E-state index in [9.17, 15) is 8.42 Å². The molecule has 0 atom stereocenters. The van der Waals surface area contributed by atoms with Gasteiger partial charge in [-0.15, -0.1) is 24.0 Å². The maximum Gasteiger partial charge on any atom is 0.267 e. The van der Waals surface area contributed by atoms with E-state index < -0.39 is 22.5 Å². The number of aliphatic hydroxyl groups is 1. The Morgan fingerprint density at radius 2 is 1.75 bits per heavy atom. The zero-order valence-electron chi connectivity index (χ0n) is 3.94. The van der Waals surface area contributed by atoms with Gasteiger partial charge in [-0.3, -0.25) is 4.55 Å². The molecule has 0 aromatic carbocycles. The molecule has 0 rings (SSSR count). The van der Waals surface area contributed by atoms with Gasteiger partial charge in [-0.25, -0.2) is 0 Å². The normalized spacial score (nSPS) is 10.2. The van der Waals surface area contributed by atoms with Crippen molar-refractivity contribution in [3.63, 3.8) is 0 Å². The van der Waals surface area contributed by atoms with E-state index in [1.54, 1.807) is 0 Å². The predicted molar refractivity (Wildman–Crippen MR) is 38.9 cm³/mol. The largest absolute Gasteiger partial charge is 0.395 e. The summed E-state index contributed by atoms with van der Waals surface area (Å²) >= 11 is 0. The van der Waals surface area contributed by atoms with Crippen LogP contribution in [-0.4, -0.2) is 30.4 Å². The van der Waals surface area contributed by atoms with E-state index in [-0.39, 0.29) is 24.0 Å². The zero-order chi connectivity index (χ0) is 5.91. The second-order valence-corrected chi connectivity index (χ2v) is 2.58. The van der Waals surface area contributed by atoms with Crippen LogP contribution >= 0.6 is 24.0 Å². The standard InChI is InChI=1S/C2H6O4S.HI/c3-1-2-7(4,5)6;/h3H,1-2H2,(H,4,5,6);1H. The molecule has 0 aromatic heterocycles. The van der Waals surface area contributed by atoms with Crippen molar-refractivity contribution in [2.75, 3.05) is 12.4 Å². The molecule has 2 N–H and O–H groups in total. The van der Waals surface area contributed by atoms with Crippen molar-refractivity contribution < 1.29 is 18.1 Å². The third-order valence-electron chi connectivity index (χ3n) is 0.349. The number of hydrogen-bond acceptors (Lipinski definition) is 3. The van der Waals surface area contributed by atoms with Crippen LogP contribution in [0.2, 0.25) is 0 Å². The van der Waals surface area contributed by atoms with Gasteiger partial charge < -0.3 is 5.11 Å². The van der Waals surface area contributed by atoms with Crippen LogP contribution in [0.3, 0.4) is 0 Å². The molecule has 0 saturated heterocycles. The van der Waals surface area contributed by atoms with E-state index in [2.05, 4.69) is 0 Å². The maximum atomic E-state index is 9.63. The molecule has 6 heteroatoms. The van der Waals surface area contributed by atoms with E-state index in [1.165, 1.54) is 0 Å². The summed E-state index contributed by atoms with van der Waals surface area (Å²) < 4.78 is 27.1. The molecule has 0 aromatic rings. The van der Waals surface area contributed by atoms with Gasteiger partial charge in [0.25, 0.3) is 10.1 Å². The SMILES string of the molecule is I.O=S(=O)(O)CCO. The first-order valence-electron chi connectivity index (χ1n) is 1.62. The van der Waals surface area contributed by atoms with Crippen LogP contribution in [0.1, 0.15) is 0 Å². The lowest BCUT2D eigenvalue weighted by molar-refractivity contribution is 0.315. The smallest absolute Gasteiger partial charge is 0.267 e. The molecule has 0 fully saturated rings. The van der Waals surface area contributed by atoms with Crippen molar-refractivity contribution in [3.05, 3.63) is 0 Å². The van der Waals surface area contributed by atoms with Crippen LogP contribution in [0.15, 0.2) is 0 Å². The molecule has 52 valence electrons. The van der Waals surface area contributed by atoms with Crippen molar-refractivity contribution in [2.45, 2.75) is 0 Å². The van der Waals surface area contributed by atoms with Crippen molar-refractivity contribution in [1.82, 2.24) is 0 Å². The Hall–Kier alpha value is 0.600. The van der Waals surface area contributed by atoms with Crippen LogP contribution in [-0.2, 0) is 10.1 Å². The molecule has 4 nitrogen and oxygen atoms in total. The molecule has 0 amide bonds. The van der Waals surface area contributed by atoms with Gasteiger partial charge in [0.05, 0.1) is 12.4 Å². The maximum absolute atomic E-state index is 9.63. The molecule has 0 unspecified atom stereocenters. The molecule has 0 aliphatic heterocycles. The summed E-state index contributed by atoms with van der Waals surface area (Å²) in [6.07, 6.45) is 0. The fraction of sp³-hybridized carbons (Fsp3) is 1.00. The average Bonchev–Trinajstić information content (AvgIpc) is 1.30. The van der Waals surface area contributed by atoms with Gasteiger partial charge in [0.1, 0.15) is 0 Å². The predicted octanol–water partition coefficient (Wildman–Crippen LogP) is -0.515. The molecule has 0 saturated carbocycles. The summed E-state index contributed by atoms with van der Waals surface area (Å²) in [6, 6.07) is 0. The van der Waals surface area contributed by atoms with Crippen molar-refractivity contribution >= 4 is 34.1 Å². The Balaban J connectivity index is 0.